The van der Waals surface area contributed by atoms with Crippen LogP contribution in [0.15, 0.2) is 66.4 Å². The maximum Gasteiger partial charge on any atom is 0.231 e. The Labute approximate surface area is 264 Å². The van der Waals surface area contributed by atoms with Gasteiger partial charge >= 0.3 is 0 Å². The summed E-state index contributed by atoms with van der Waals surface area (Å²) < 4.78 is 28.4. The number of carbonyl (C=O) groups is 2. The van der Waals surface area contributed by atoms with Crippen LogP contribution >= 0.6 is 0 Å². The molecule has 4 rings (SSSR count). The molecule has 1 aliphatic carbocycles. The number of aromatic amines is 1. The first-order chi connectivity index (χ1) is 21.6. The topological polar surface area (TPSA) is 124 Å². The number of nitrogens with two attached hydrogens (primary N) is 1. The van der Waals surface area contributed by atoms with E-state index in [4.69, 9.17) is 5.73 Å². The van der Waals surface area contributed by atoms with E-state index >= 15 is 0 Å². The van der Waals surface area contributed by atoms with Crippen LogP contribution in [-0.4, -0.2) is 57.8 Å². The van der Waals surface area contributed by atoms with Crippen molar-refractivity contribution in [2.24, 2.45) is 16.6 Å². The minimum Gasteiger partial charge on any atom is -0.391 e. The third kappa shape index (κ3) is 7.50. The summed E-state index contributed by atoms with van der Waals surface area (Å²) in [6.45, 7) is 7.86. The number of nitrogens with zero attached hydrogens (tertiary/aromatic N) is 2. The molecule has 8 nitrogen and oxygen atoms in total. The van der Waals surface area contributed by atoms with E-state index in [1.54, 1.807) is 17.2 Å². The lowest BCUT2D eigenvalue weighted by atomic mass is 9.57. The summed E-state index contributed by atoms with van der Waals surface area (Å²) in [4.78, 5) is 29.6. The maximum absolute atomic E-state index is 14.5. The Morgan fingerprint density at radius 3 is 2.40 bits per heavy atom. The second-order valence-corrected chi connectivity index (χ2v) is 12.3. The lowest BCUT2D eigenvalue weighted by Gasteiger charge is -2.50. The number of allylic oxidation sites excluding steroid dienone is 1. The molecule has 0 aliphatic heterocycles. The number of halogens is 2. The minimum absolute atomic E-state index is 0.174. The second kappa shape index (κ2) is 14.9. The number of amides is 2. The largest absolute Gasteiger partial charge is 0.391 e. The fraction of sp³-hybridized carbons (Fsp3) is 0.457. The van der Waals surface area contributed by atoms with Gasteiger partial charge in [-0.2, -0.15) is 5.10 Å². The van der Waals surface area contributed by atoms with Crippen molar-refractivity contribution in [2.75, 3.05) is 19.6 Å². The molecule has 0 radical (unpaired) electrons. The Balaban J connectivity index is 1.62. The number of hydrogen-bond donors (Lipinski definition) is 4. The van der Waals surface area contributed by atoms with Gasteiger partial charge in [-0.1, -0.05) is 55.8 Å². The Bertz CT molecular complexity index is 1470. The Hall–Kier alpha value is -3.89. The van der Waals surface area contributed by atoms with Crippen molar-refractivity contribution in [3.8, 4) is 11.3 Å². The molecular weight excluding hydrogens is 576 g/mol. The van der Waals surface area contributed by atoms with Crippen LogP contribution in [0.2, 0.25) is 0 Å². The molecule has 1 aromatic heterocycles. The standard InChI is InChI=1S/C35H45F2N5O3/c1-4-14-42(15-5-2)33(45)34(12-9-13-39-22-27-23-40-41-30(27)26-10-7-6-8-11-26)19-24(3)20-35(31(34)43,32(38)44)21-25-16-28(36)18-29(37)17-25/h6-8,10-11,16-18,20,23,31,39,43H,4-5,9,12-15,19,21-22H2,1-3H3,(H2,38,44)(H,40,41)/t31-,34?,35-/m1/s1. The van der Waals surface area contributed by atoms with E-state index < -0.39 is 34.5 Å². The van der Waals surface area contributed by atoms with Gasteiger partial charge in [-0.3, -0.25) is 14.7 Å². The van der Waals surface area contributed by atoms with E-state index in [-0.39, 0.29) is 30.7 Å². The quantitative estimate of drug-likeness (QED) is 0.136. The van der Waals surface area contributed by atoms with Crippen molar-refractivity contribution < 1.29 is 23.5 Å². The molecule has 45 heavy (non-hydrogen) atoms. The number of rotatable bonds is 15. The van der Waals surface area contributed by atoms with Crippen LogP contribution in [0.1, 0.15) is 64.0 Å². The van der Waals surface area contributed by atoms with Gasteiger partial charge in [0.15, 0.2) is 0 Å². The van der Waals surface area contributed by atoms with Gasteiger partial charge in [0.2, 0.25) is 11.8 Å². The molecule has 5 N–H and O–H groups in total. The van der Waals surface area contributed by atoms with Gasteiger partial charge in [-0.25, -0.2) is 8.78 Å². The average molecular weight is 622 g/mol. The molecule has 0 saturated carbocycles. The first-order valence-electron chi connectivity index (χ1n) is 15.7. The monoisotopic (exact) mass is 621 g/mol. The lowest BCUT2D eigenvalue weighted by Crippen LogP contribution is -2.62. The fourth-order valence-corrected chi connectivity index (χ4v) is 6.89. The van der Waals surface area contributed by atoms with Crippen molar-refractivity contribution >= 4 is 11.8 Å². The number of hydrogen-bond acceptors (Lipinski definition) is 5. The highest BCUT2D eigenvalue weighted by Crippen LogP contribution is 2.51. The molecule has 1 aliphatic rings. The van der Waals surface area contributed by atoms with Crippen LogP contribution < -0.4 is 11.1 Å². The van der Waals surface area contributed by atoms with Crippen LogP contribution in [0.3, 0.4) is 0 Å². The van der Waals surface area contributed by atoms with Gasteiger partial charge in [0, 0.05) is 31.3 Å². The smallest absolute Gasteiger partial charge is 0.231 e. The number of benzene rings is 2. The first kappa shape index (κ1) is 34.0. The van der Waals surface area contributed by atoms with Gasteiger partial charge in [0.05, 0.1) is 28.8 Å². The molecule has 1 heterocycles. The van der Waals surface area contributed by atoms with Crippen LogP contribution in [0.5, 0.6) is 0 Å². The zero-order valence-electron chi connectivity index (χ0n) is 26.4. The van der Waals surface area contributed by atoms with Gasteiger partial charge in [-0.15, -0.1) is 0 Å². The minimum atomic E-state index is -1.74. The summed E-state index contributed by atoms with van der Waals surface area (Å²) in [6, 6.07) is 12.9. The molecule has 2 amide bonds. The fourth-order valence-electron chi connectivity index (χ4n) is 6.89. The predicted octanol–water partition coefficient (Wildman–Crippen LogP) is 5.29. The number of aliphatic hydroxyl groups excluding tert-OH is 1. The third-order valence-electron chi connectivity index (χ3n) is 8.76. The first-order valence-corrected chi connectivity index (χ1v) is 15.7. The highest BCUT2D eigenvalue weighted by atomic mass is 19.1. The molecule has 0 saturated heterocycles. The van der Waals surface area contributed by atoms with E-state index in [1.807, 2.05) is 51.1 Å². The Morgan fingerprint density at radius 1 is 1.11 bits per heavy atom. The van der Waals surface area contributed by atoms with E-state index in [0.717, 1.165) is 53.4 Å². The zero-order valence-corrected chi connectivity index (χ0v) is 26.4. The summed E-state index contributed by atoms with van der Waals surface area (Å²) in [5.41, 5.74) is 6.74. The molecular formula is C35H45F2N5O3. The van der Waals surface area contributed by atoms with Crippen molar-refractivity contribution in [3.05, 3.63) is 89.1 Å². The summed E-state index contributed by atoms with van der Waals surface area (Å²) in [6.07, 6.45) is 4.11. The Morgan fingerprint density at radius 2 is 1.78 bits per heavy atom. The number of primary amides is 1. The number of nitrogens with one attached hydrogen (secondary N) is 2. The Kier molecular flexibility index (Phi) is 11.3. The maximum atomic E-state index is 14.5. The SMILES string of the molecule is CCCN(CCC)C(=O)C1(CCCNCc2cn[nH]c2-c2ccccc2)CC(C)=C[C@](Cc2cc(F)cc(F)c2)(C(N)=O)[C@@H]1O. The van der Waals surface area contributed by atoms with E-state index in [9.17, 15) is 23.5 Å². The average Bonchev–Trinajstić information content (AvgIpc) is 3.47. The van der Waals surface area contributed by atoms with Gasteiger partial charge in [-0.05, 0) is 75.3 Å². The predicted molar refractivity (Wildman–Crippen MR) is 171 cm³/mol. The molecule has 2 aromatic carbocycles. The van der Waals surface area contributed by atoms with Crippen LogP contribution in [-0.2, 0) is 22.6 Å². The summed E-state index contributed by atoms with van der Waals surface area (Å²) in [7, 11) is 0. The molecule has 3 atom stereocenters. The summed E-state index contributed by atoms with van der Waals surface area (Å²) in [5.74, 6) is -2.67. The second-order valence-electron chi connectivity index (χ2n) is 12.3. The normalized spacial score (nSPS) is 21.4. The highest BCUT2D eigenvalue weighted by Gasteiger charge is 2.59. The number of aromatic nitrogens is 2. The van der Waals surface area contributed by atoms with Crippen molar-refractivity contribution in [1.82, 2.24) is 20.4 Å². The van der Waals surface area contributed by atoms with E-state index in [2.05, 4.69) is 15.5 Å². The van der Waals surface area contributed by atoms with Crippen molar-refractivity contribution in [2.45, 2.75) is 71.9 Å². The van der Waals surface area contributed by atoms with Crippen LogP contribution in [0, 0.1) is 22.5 Å². The summed E-state index contributed by atoms with van der Waals surface area (Å²) >= 11 is 0. The van der Waals surface area contributed by atoms with Crippen LogP contribution in [0.4, 0.5) is 8.78 Å². The van der Waals surface area contributed by atoms with Crippen LogP contribution in [0.25, 0.3) is 11.3 Å². The van der Waals surface area contributed by atoms with Gasteiger partial charge in [0.25, 0.3) is 0 Å². The van der Waals surface area contributed by atoms with Crippen molar-refractivity contribution in [1.29, 1.82) is 0 Å². The number of aliphatic hydroxyl groups is 1. The molecule has 10 heteroatoms. The molecule has 0 bridgehead atoms. The number of H-pyrrole nitrogens is 1. The third-order valence-corrected chi connectivity index (χ3v) is 8.76. The molecule has 0 spiro atoms. The van der Waals surface area contributed by atoms with Gasteiger partial charge in [0.1, 0.15) is 11.6 Å². The number of carbonyl (C=O) groups excluding carboxylic acids is 2. The molecule has 3 aromatic rings. The molecule has 242 valence electrons. The zero-order chi connectivity index (χ0) is 32.6. The lowest BCUT2D eigenvalue weighted by molar-refractivity contribution is -0.162. The van der Waals surface area contributed by atoms with E-state index in [1.165, 1.54) is 0 Å². The van der Waals surface area contributed by atoms with Gasteiger partial charge < -0.3 is 21.1 Å². The highest BCUT2D eigenvalue weighted by molar-refractivity contribution is 5.90. The van der Waals surface area contributed by atoms with Crippen molar-refractivity contribution in [3.63, 3.8) is 0 Å². The molecule has 1 unspecified atom stereocenters. The summed E-state index contributed by atoms with van der Waals surface area (Å²) in [5, 5.41) is 22.9. The van der Waals surface area contributed by atoms with E-state index in [0.29, 0.717) is 32.6 Å². The molecule has 0 fully saturated rings.